The average Bonchev–Trinajstić information content (AvgIpc) is 3.11. The van der Waals surface area contributed by atoms with E-state index in [1.807, 2.05) is 34.8 Å². The highest BCUT2D eigenvalue weighted by Gasteiger charge is 2.21. The Hall–Kier alpha value is -2.67. The number of piperidine rings is 1. The molecular weight excluding hydrogens is 318 g/mol. The summed E-state index contributed by atoms with van der Waals surface area (Å²) in [6.45, 7) is 1.00. The zero-order valence-corrected chi connectivity index (χ0v) is 14.4. The average molecular weight is 339 g/mol. The molecule has 0 bridgehead atoms. The van der Waals surface area contributed by atoms with Crippen molar-refractivity contribution in [3.63, 3.8) is 0 Å². The Morgan fingerprint density at radius 3 is 2.76 bits per heavy atom. The molecule has 1 fully saturated rings. The molecule has 7 nitrogen and oxygen atoms in total. The van der Waals surface area contributed by atoms with Gasteiger partial charge in [0.1, 0.15) is 11.5 Å². The third-order valence-corrected chi connectivity index (χ3v) is 4.59. The van der Waals surface area contributed by atoms with Crippen LogP contribution in [0.1, 0.15) is 31.1 Å². The van der Waals surface area contributed by atoms with E-state index in [0.717, 1.165) is 47.2 Å². The molecule has 0 radical (unpaired) electrons. The molecule has 0 unspecified atom stereocenters. The summed E-state index contributed by atoms with van der Waals surface area (Å²) in [5, 5.41) is 16.9. The van der Waals surface area contributed by atoms with Crippen molar-refractivity contribution in [1.29, 1.82) is 0 Å². The number of rotatable bonds is 4. The lowest BCUT2D eigenvalue weighted by atomic mass is 10.0. The van der Waals surface area contributed by atoms with Gasteiger partial charge in [0.25, 0.3) is 0 Å². The molecule has 0 aliphatic carbocycles. The van der Waals surface area contributed by atoms with Gasteiger partial charge in [-0.15, -0.1) is 10.2 Å². The molecule has 0 spiro atoms. The van der Waals surface area contributed by atoms with Crippen molar-refractivity contribution in [1.82, 2.24) is 25.1 Å². The molecule has 1 N–H and O–H groups in total. The first kappa shape index (κ1) is 15.8. The van der Waals surface area contributed by atoms with Gasteiger partial charge in [-0.3, -0.25) is 0 Å². The van der Waals surface area contributed by atoms with E-state index in [-0.39, 0.29) is 6.04 Å². The van der Waals surface area contributed by atoms with Crippen LogP contribution >= 0.6 is 0 Å². The fraction of sp³-hybridized carbons (Fsp3) is 0.389. The Labute approximate surface area is 146 Å². The lowest BCUT2D eigenvalue weighted by Gasteiger charge is -2.21. The first-order chi connectivity index (χ1) is 12.3. The van der Waals surface area contributed by atoms with E-state index in [9.17, 15) is 0 Å². The first-order valence-electron chi connectivity index (χ1n) is 8.48. The number of aromatic nitrogens is 4. The predicted molar refractivity (Wildman–Crippen MR) is 93.9 cm³/mol. The molecule has 0 amide bonds. The minimum Gasteiger partial charge on any atom is -0.497 e. The molecule has 1 aliphatic heterocycles. The van der Waals surface area contributed by atoms with Crippen LogP contribution in [0.3, 0.4) is 0 Å². The highest BCUT2D eigenvalue weighted by atomic mass is 16.5. The Balaban J connectivity index is 1.81. The molecule has 4 rings (SSSR count). The smallest absolute Gasteiger partial charge is 0.178 e. The molecule has 1 saturated heterocycles. The molecule has 1 atom stereocenters. The highest BCUT2D eigenvalue weighted by Crippen LogP contribution is 2.32. The van der Waals surface area contributed by atoms with Crippen LogP contribution in [0.15, 0.2) is 30.3 Å². The van der Waals surface area contributed by atoms with E-state index in [1.165, 1.54) is 12.8 Å². The van der Waals surface area contributed by atoms with Crippen LogP contribution < -0.4 is 14.8 Å². The maximum absolute atomic E-state index is 5.49. The molecular formula is C18H21N5O2. The monoisotopic (exact) mass is 339 g/mol. The summed E-state index contributed by atoms with van der Waals surface area (Å²) in [5.41, 5.74) is 2.41. The van der Waals surface area contributed by atoms with Crippen molar-refractivity contribution in [2.24, 2.45) is 0 Å². The lowest BCUT2D eigenvalue weighted by molar-refractivity contribution is 0.392. The van der Waals surface area contributed by atoms with Crippen molar-refractivity contribution >= 4 is 5.65 Å². The number of benzene rings is 1. The minimum absolute atomic E-state index is 0.193. The van der Waals surface area contributed by atoms with Gasteiger partial charge in [0, 0.05) is 5.56 Å². The van der Waals surface area contributed by atoms with Crippen LogP contribution in [0.4, 0.5) is 0 Å². The van der Waals surface area contributed by atoms with Gasteiger partial charge in [-0.1, -0.05) is 6.42 Å². The van der Waals surface area contributed by atoms with Gasteiger partial charge in [-0.25, -0.2) is 0 Å². The van der Waals surface area contributed by atoms with E-state index in [2.05, 4.69) is 15.5 Å². The highest BCUT2D eigenvalue weighted by molar-refractivity contribution is 5.69. The quantitative estimate of drug-likeness (QED) is 0.788. The van der Waals surface area contributed by atoms with Crippen LogP contribution in [-0.4, -0.2) is 40.6 Å². The van der Waals surface area contributed by atoms with Gasteiger partial charge in [-0.05, 0) is 49.7 Å². The van der Waals surface area contributed by atoms with E-state index >= 15 is 0 Å². The van der Waals surface area contributed by atoms with Crippen molar-refractivity contribution in [3.8, 4) is 22.8 Å². The van der Waals surface area contributed by atoms with Crippen LogP contribution in [0, 0.1) is 0 Å². The van der Waals surface area contributed by atoms with Crippen molar-refractivity contribution in [2.45, 2.75) is 25.3 Å². The molecule has 130 valence electrons. The normalized spacial score (nSPS) is 17.6. The number of nitrogens with one attached hydrogen (secondary N) is 1. The summed E-state index contributed by atoms with van der Waals surface area (Å²) in [4.78, 5) is 0. The third-order valence-electron chi connectivity index (χ3n) is 4.59. The fourth-order valence-corrected chi connectivity index (χ4v) is 3.25. The SMILES string of the molecule is COc1ccc(OC)c(-c2ccc3nnc([C@@H]4CCCCN4)n3n2)c1. The molecule has 3 aromatic rings. The third kappa shape index (κ3) is 2.91. The van der Waals surface area contributed by atoms with E-state index in [1.54, 1.807) is 14.2 Å². The number of methoxy groups -OCH3 is 2. The summed E-state index contributed by atoms with van der Waals surface area (Å²) in [5.74, 6) is 2.37. The number of nitrogens with zero attached hydrogens (tertiary/aromatic N) is 4. The molecule has 1 aliphatic rings. The van der Waals surface area contributed by atoms with Gasteiger partial charge < -0.3 is 14.8 Å². The van der Waals surface area contributed by atoms with Crippen LogP contribution in [0.2, 0.25) is 0 Å². The van der Waals surface area contributed by atoms with Crippen molar-refractivity contribution < 1.29 is 9.47 Å². The number of fused-ring (bicyclic) bond motifs is 1. The summed E-state index contributed by atoms with van der Waals surface area (Å²) in [6, 6.07) is 9.74. The number of hydrogen-bond donors (Lipinski definition) is 1. The zero-order chi connectivity index (χ0) is 17.2. The fourth-order valence-electron chi connectivity index (χ4n) is 3.25. The Bertz CT molecular complexity index is 886. The Morgan fingerprint density at radius 1 is 1.08 bits per heavy atom. The van der Waals surface area contributed by atoms with Crippen LogP contribution in [-0.2, 0) is 0 Å². The number of hydrogen-bond acceptors (Lipinski definition) is 6. The second kappa shape index (κ2) is 6.68. The van der Waals surface area contributed by atoms with Gasteiger partial charge in [-0.2, -0.15) is 9.61 Å². The Kier molecular flexibility index (Phi) is 4.23. The molecule has 25 heavy (non-hydrogen) atoms. The second-order valence-electron chi connectivity index (χ2n) is 6.12. The second-order valence-corrected chi connectivity index (χ2v) is 6.12. The summed E-state index contributed by atoms with van der Waals surface area (Å²) in [6.07, 6.45) is 3.44. The molecule has 1 aromatic carbocycles. The summed E-state index contributed by atoms with van der Waals surface area (Å²) < 4.78 is 12.7. The van der Waals surface area contributed by atoms with Crippen molar-refractivity contribution in [2.75, 3.05) is 20.8 Å². The molecule has 2 aromatic heterocycles. The summed E-state index contributed by atoms with van der Waals surface area (Å²) in [7, 11) is 3.30. The summed E-state index contributed by atoms with van der Waals surface area (Å²) >= 11 is 0. The topological polar surface area (TPSA) is 73.6 Å². The lowest BCUT2D eigenvalue weighted by Crippen LogP contribution is -2.28. The first-order valence-corrected chi connectivity index (χ1v) is 8.48. The maximum atomic E-state index is 5.49. The van der Waals surface area contributed by atoms with Gasteiger partial charge in [0.2, 0.25) is 0 Å². The Morgan fingerprint density at radius 2 is 2.00 bits per heavy atom. The molecule has 3 heterocycles. The van der Waals surface area contributed by atoms with Gasteiger partial charge >= 0.3 is 0 Å². The van der Waals surface area contributed by atoms with Crippen LogP contribution in [0.5, 0.6) is 11.5 Å². The van der Waals surface area contributed by atoms with Gasteiger partial charge in [0.15, 0.2) is 11.5 Å². The van der Waals surface area contributed by atoms with E-state index in [0.29, 0.717) is 0 Å². The zero-order valence-electron chi connectivity index (χ0n) is 14.4. The molecule has 0 saturated carbocycles. The van der Waals surface area contributed by atoms with Crippen LogP contribution in [0.25, 0.3) is 16.9 Å². The van der Waals surface area contributed by atoms with E-state index in [4.69, 9.17) is 14.6 Å². The standard InChI is InChI=1S/C18H21N5O2/c1-24-12-6-8-16(25-2)13(11-12)14-7-9-17-20-21-18(23(17)22-14)15-5-3-4-10-19-15/h6-9,11,15,19H,3-5,10H2,1-2H3/t15-/m0/s1. The largest absolute Gasteiger partial charge is 0.497 e. The minimum atomic E-state index is 0.193. The van der Waals surface area contributed by atoms with Crippen molar-refractivity contribution in [3.05, 3.63) is 36.2 Å². The maximum Gasteiger partial charge on any atom is 0.178 e. The number of ether oxygens (including phenoxy) is 2. The predicted octanol–water partition coefficient (Wildman–Crippen LogP) is 2.62. The molecule has 7 heteroatoms. The van der Waals surface area contributed by atoms with Gasteiger partial charge in [0.05, 0.1) is 26.0 Å². The van der Waals surface area contributed by atoms with E-state index < -0.39 is 0 Å².